The van der Waals surface area contributed by atoms with Crippen LogP contribution in [-0.2, 0) is 0 Å². The van der Waals surface area contributed by atoms with Crippen molar-refractivity contribution in [1.82, 2.24) is 9.97 Å². The Kier molecular flexibility index (Phi) is 4.95. The first kappa shape index (κ1) is 14.8. The standard InChI is InChI=1S/C15H18FN3S/c1-4-17-13-9-14(19-15(18-13)10(2)3)20-12-8-6-5-7-11(12)16/h5-10H,4H2,1-3H3,(H,17,18,19). The van der Waals surface area contributed by atoms with Gasteiger partial charge in [-0.15, -0.1) is 0 Å². The van der Waals surface area contributed by atoms with Gasteiger partial charge in [-0.05, 0) is 19.1 Å². The van der Waals surface area contributed by atoms with Crippen LogP contribution in [0.2, 0.25) is 0 Å². The molecule has 1 N–H and O–H groups in total. The van der Waals surface area contributed by atoms with Crippen LogP contribution in [0.25, 0.3) is 0 Å². The molecule has 0 fully saturated rings. The van der Waals surface area contributed by atoms with E-state index < -0.39 is 0 Å². The van der Waals surface area contributed by atoms with E-state index in [0.717, 1.165) is 23.2 Å². The van der Waals surface area contributed by atoms with Crippen molar-refractivity contribution in [2.24, 2.45) is 0 Å². The molecular formula is C15H18FN3S. The van der Waals surface area contributed by atoms with Crippen molar-refractivity contribution in [2.75, 3.05) is 11.9 Å². The number of anilines is 1. The Labute approximate surface area is 123 Å². The summed E-state index contributed by atoms with van der Waals surface area (Å²) in [5.74, 6) is 1.55. The zero-order valence-electron chi connectivity index (χ0n) is 11.9. The van der Waals surface area contributed by atoms with E-state index in [2.05, 4.69) is 15.3 Å². The molecule has 0 saturated carbocycles. The molecule has 1 aromatic carbocycles. The molecule has 1 aromatic heterocycles. The van der Waals surface area contributed by atoms with E-state index in [1.54, 1.807) is 12.1 Å². The lowest BCUT2D eigenvalue weighted by Gasteiger charge is -2.10. The highest BCUT2D eigenvalue weighted by molar-refractivity contribution is 7.99. The summed E-state index contributed by atoms with van der Waals surface area (Å²) in [6.45, 7) is 6.89. The van der Waals surface area contributed by atoms with Crippen LogP contribution < -0.4 is 5.32 Å². The summed E-state index contributed by atoms with van der Waals surface area (Å²) in [6.07, 6.45) is 0. The molecule has 3 nitrogen and oxygen atoms in total. The van der Waals surface area contributed by atoms with Crippen molar-refractivity contribution >= 4 is 17.6 Å². The van der Waals surface area contributed by atoms with Crippen LogP contribution in [0.4, 0.5) is 10.2 Å². The molecule has 0 unspecified atom stereocenters. The molecule has 0 radical (unpaired) electrons. The molecule has 0 aliphatic carbocycles. The number of aromatic nitrogens is 2. The maximum Gasteiger partial charge on any atom is 0.137 e. The third kappa shape index (κ3) is 3.70. The van der Waals surface area contributed by atoms with Crippen LogP contribution in [0.15, 0.2) is 40.3 Å². The quantitative estimate of drug-likeness (QED) is 0.832. The van der Waals surface area contributed by atoms with E-state index in [1.807, 2.05) is 32.9 Å². The minimum atomic E-state index is -0.229. The molecule has 2 aromatic rings. The molecule has 0 aliphatic heterocycles. The molecule has 0 aliphatic rings. The predicted octanol–water partition coefficient (Wildman–Crippen LogP) is 4.32. The van der Waals surface area contributed by atoms with E-state index in [0.29, 0.717) is 4.90 Å². The molecule has 0 spiro atoms. The van der Waals surface area contributed by atoms with Crippen molar-refractivity contribution < 1.29 is 4.39 Å². The summed E-state index contributed by atoms with van der Waals surface area (Å²) in [5, 5.41) is 3.94. The third-order valence-corrected chi connectivity index (χ3v) is 3.61. The molecule has 2 rings (SSSR count). The van der Waals surface area contributed by atoms with Gasteiger partial charge in [0.05, 0.1) is 0 Å². The summed E-state index contributed by atoms with van der Waals surface area (Å²) in [7, 11) is 0. The first-order valence-corrected chi connectivity index (χ1v) is 7.47. The normalized spacial score (nSPS) is 10.8. The van der Waals surface area contributed by atoms with E-state index in [-0.39, 0.29) is 11.7 Å². The topological polar surface area (TPSA) is 37.8 Å². The predicted molar refractivity (Wildman–Crippen MR) is 80.8 cm³/mol. The second-order valence-electron chi connectivity index (χ2n) is 4.67. The lowest BCUT2D eigenvalue weighted by molar-refractivity contribution is 0.602. The fraction of sp³-hybridized carbons (Fsp3) is 0.333. The summed E-state index contributed by atoms with van der Waals surface area (Å²) < 4.78 is 13.7. The average molecular weight is 291 g/mol. The van der Waals surface area contributed by atoms with Gasteiger partial charge in [0.1, 0.15) is 22.5 Å². The van der Waals surface area contributed by atoms with Crippen LogP contribution >= 0.6 is 11.8 Å². The van der Waals surface area contributed by atoms with Crippen LogP contribution in [0, 0.1) is 5.82 Å². The summed E-state index contributed by atoms with van der Waals surface area (Å²) in [5.41, 5.74) is 0. The molecular weight excluding hydrogens is 273 g/mol. The lowest BCUT2D eigenvalue weighted by Crippen LogP contribution is -2.05. The lowest BCUT2D eigenvalue weighted by atomic mass is 10.2. The molecule has 5 heteroatoms. The Balaban J connectivity index is 2.33. The highest BCUT2D eigenvalue weighted by Gasteiger charge is 2.10. The van der Waals surface area contributed by atoms with Crippen LogP contribution in [0.5, 0.6) is 0 Å². The van der Waals surface area contributed by atoms with Crippen LogP contribution in [-0.4, -0.2) is 16.5 Å². The molecule has 20 heavy (non-hydrogen) atoms. The second kappa shape index (κ2) is 6.70. The van der Waals surface area contributed by atoms with Crippen molar-refractivity contribution in [3.05, 3.63) is 42.0 Å². The van der Waals surface area contributed by atoms with Gasteiger partial charge in [-0.25, -0.2) is 14.4 Å². The van der Waals surface area contributed by atoms with Gasteiger partial charge in [0, 0.05) is 23.4 Å². The third-order valence-electron chi connectivity index (χ3n) is 2.65. The Hall–Kier alpha value is -1.62. The van der Waals surface area contributed by atoms with E-state index in [9.17, 15) is 4.39 Å². The van der Waals surface area contributed by atoms with Crippen molar-refractivity contribution in [1.29, 1.82) is 0 Å². The Morgan fingerprint density at radius 3 is 2.65 bits per heavy atom. The van der Waals surface area contributed by atoms with Gasteiger partial charge in [-0.3, -0.25) is 0 Å². The summed E-state index contributed by atoms with van der Waals surface area (Å²) in [6, 6.07) is 8.57. The van der Waals surface area contributed by atoms with Gasteiger partial charge in [0.15, 0.2) is 0 Å². The van der Waals surface area contributed by atoms with Crippen molar-refractivity contribution in [3.8, 4) is 0 Å². The van der Waals surface area contributed by atoms with Gasteiger partial charge in [0.25, 0.3) is 0 Å². The van der Waals surface area contributed by atoms with Gasteiger partial charge in [-0.1, -0.05) is 37.7 Å². The number of hydrogen-bond donors (Lipinski definition) is 1. The minimum Gasteiger partial charge on any atom is -0.370 e. The zero-order chi connectivity index (χ0) is 14.5. The SMILES string of the molecule is CCNc1cc(Sc2ccccc2F)nc(C(C)C)n1. The highest BCUT2D eigenvalue weighted by Crippen LogP contribution is 2.30. The van der Waals surface area contributed by atoms with Gasteiger partial charge >= 0.3 is 0 Å². The van der Waals surface area contributed by atoms with E-state index >= 15 is 0 Å². The van der Waals surface area contributed by atoms with Gasteiger partial charge in [-0.2, -0.15) is 0 Å². The largest absolute Gasteiger partial charge is 0.370 e. The molecule has 0 atom stereocenters. The molecule has 0 amide bonds. The highest BCUT2D eigenvalue weighted by atomic mass is 32.2. The van der Waals surface area contributed by atoms with Crippen LogP contribution in [0.3, 0.4) is 0 Å². The maximum absolute atomic E-state index is 13.7. The summed E-state index contributed by atoms with van der Waals surface area (Å²) >= 11 is 1.32. The Morgan fingerprint density at radius 2 is 2.00 bits per heavy atom. The smallest absolute Gasteiger partial charge is 0.137 e. The minimum absolute atomic E-state index is 0.229. The molecule has 0 bridgehead atoms. The zero-order valence-corrected chi connectivity index (χ0v) is 12.7. The van der Waals surface area contributed by atoms with Crippen LogP contribution in [0.1, 0.15) is 32.5 Å². The first-order valence-electron chi connectivity index (χ1n) is 6.65. The van der Waals surface area contributed by atoms with E-state index in [4.69, 9.17) is 0 Å². The maximum atomic E-state index is 13.7. The second-order valence-corrected chi connectivity index (χ2v) is 5.73. The van der Waals surface area contributed by atoms with E-state index in [1.165, 1.54) is 17.8 Å². The van der Waals surface area contributed by atoms with Crippen molar-refractivity contribution in [2.45, 2.75) is 36.6 Å². The van der Waals surface area contributed by atoms with Gasteiger partial charge < -0.3 is 5.32 Å². The van der Waals surface area contributed by atoms with Crippen molar-refractivity contribution in [3.63, 3.8) is 0 Å². The average Bonchev–Trinajstić information content (AvgIpc) is 2.41. The monoisotopic (exact) mass is 291 g/mol. The fourth-order valence-electron chi connectivity index (χ4n) is 1.67. The van der Waals surface area contributed by atoms with Gasteiger partial charge in [0.2, 0.25) is 0 Å². The number of nitrogens with zero attached hydrogens (tertiary/aromatic N) is 2. The number of nitrogens with one attached hydrogen (secondary N) is 1. The molecule has 0 saturated heterocycles. The Morgan fingerprint density at radius 1 is 1.25 bits per heavy atom. The first-order chi connectivity index (χ1) is 9.60. The molecule has 106 valence electrons. The summed E-state index contributed by atoms with van der Waals surface area (Å²) in [4.78, 5) is 9.53. The number of rotatable bonds is 5. The number of benzene rings is 1. The fourth-order valence-corrected chi connectivity index (χ4v) is 2.51. The number of halogens is 1. The molecule has 1 heterocycles. The number of hydrogen-bond acceptors (Lipinski definition) is 4. The Bertz CT molecular complexity index is 587.